The van der Waals surface area contributed by atoms with E-state index in [1.165, 1.54) is 12.1 Å². The highest BCUT2D eigenvalue weighted by Crippen LogP contribution is 2.08. The van der Waals surface area contributed by atoms with Crippen LogP contribution in [-0.2, 0) is 11.2 Å². The zero-order valence-corrected chi connectivity index (χ0v) is 14.1. The van der Waals surface area contributed by atoms with Crippen molar-refractivity contribution in [2.45, 2.75) is 25.7 Å². The number of hydrogen-bond donors (Lipinski definition) is 2. The van der Waals surface area contributed by atoms with Crippen LogP contribution in [0.5, 0.6) is 0 Å². The number of carbonyl (C=O) groups excluding carboxylic acids is 2. The van der Waals surface area contributed by atoms with Crippen molar-refractivity contribution in [3.8, 4) is 0 Å². The van der Waals surface area contributed by atoms with Gasteiger partial charge in [-0.3, -0.25) is 9.59 Å². The molecule has 5 heteroatoms. The first-order valence-corrected chi connectivity index (χ1v) is 8.49. The average Bonchev–Trinajstić information content (AvgIpc) is 2.64. The van der Waals surface area contributed by atoms with Crippen LogP contribution >= 0.6 is 0 Å². The van der Waals surface area contributed by atoms with Crippen molar-refractivity contribution in [1.29, 1.82) is 0 Å². The average molecular weight is 342 g/mol. The Balaban J connectivity index is 1.52. The molecule has 0 aliphatic carbocycles. The monoisotopic (exact) mass is 342 g/mol. The molecule has 4 nitrogen and oxygen atoms in total. The smallest absolute Gasteiger partial charge is 0.251 e. The number of halogens is 1. The van der Waals surface area contributed by atoms with Gasteiger partial charge in [0.05, 0.1) is 0 Å². The van der Waals surface area contributed by atoms with E-state index in [9.17, 15) is 14.0 Å². The van der Waals surface area contributed by atoms with Gasteiger partial charge >= 0.3 is 0 Å². The normalized spacial score (nSPS) is 10.3. The van der Waals surface area contributed by atoms with Gasteiger partial charge in [0.15, 0.2) is 0 Å². The van der Waals surface area contributed by atoms with Gasteiger partial charge in [-0.2, -0.15) is 0 Å². The molecule has 2 aromatic carbocycles. The number of hydrogen-bond acceptors (Lipinski definition) is 2. The Morgan fingerprint density at radius 1 is 0.840 bits per heavy atom. The van der Waals surface area contributed by atoms with E-state index in [2.05, 4.69) is 10.6 Å². The van der Waals surface area contributed by atoms with Gasteiger partial charge in [0, 0.05) is 25.1 Å². The number of carbonyl (C=O) groups is 2. The molecule has 0 saturated carbocycles. The molecular weight excluding hydrogens is 319 g/mol. The number of nitrogens with one attached hydrogen (secondary N) is 2. The van der Waals surface area contributed by atoms with Gasteiger partial charge in [0.2, 0.25) is 5.91 Å². The van der Waals surface area contributed by atoms with E-state index < -0.39 is 0 Å². The molecule has 0 aliphatic heterocycles. The molecule has 2 amide bonds. The first-order chi connectivity index (χ1) is 12.1. The third-order valence-electron chi connectivity index (χ3n) is 3.80. The highest BCUT2D eigenvalue weighted by Gasteiger charge is 2.04. The molecule has 2 rings (SSSR count). The maximum absolute atomic E-state index is 12.8. The quantitative estimate of drug-likeness (QED) is 0.688. The van der Waals surface area contributed by atoms with Crippen molar-refractivity contribution in [2.75, 3.05) is 13.1 Å². The molecular formula is C20H23FN2O2. The maximum atomic E-state index is 12.8. The van der Waals surface area contributed by atoms with E-state index >= 15 is 0 Å². The van der Waals surface area contributed by atoms with Crippen LogP contribution in [0, 0.1) is 5.82 Å². The molecule has 0 spiro atoms. The van der Waals surface area contributed by atoms with Crippen LogP contribution in [0.15, 0.2) is 54.6 Å². The topological polar surface area (TPSA) is 58.2 Å². The predicted octanol–water partition coefficient (Wildman–Crippen LogP) is 3.08. The number of unbranched alkanes of at least 4 members (excludes halogenated alkanes) is 1. The number of aryl methyl sites for hydroxylation is 1. The third-order valence-corrected chi connectivity index (χ3v) is 3.80. The van der Waals surface area contributed by atoms with Crippen molar-refractivity contribution in [2.24, 2.45) is 0 Å². The fraction of sp³-hybridized carbons (Fsp3) is 0.300. The van der Waals surface area contributed by atoms with E-state index in [0.717, 1.165) is 24.8 Å². The lowest BCUT2D eigenvalue weighted by Gasteiger charge is -2.07. The summed E-state index contributed by atoms with van der Waals surface area (Å²) < 4.78 is 12.8. The summed E-state index contributed by atoms with van der Waals surface area (Å²) in [5.74, 6) is -0.398. The van der Waals surface area contributed by atoms with E-state index in [-0.39, 0.29) is 17.6 Å². The standard InChI is InChI=1S/C20H23FN2O2/c21-18-12-10-16(11-13-18)6-4-5-9-19(24)22-14-15-23-20(25)17-7-2-1-3-8-17/h1-3,7-8,10-13H,4-6,9,14-15H2,(H,22,24)(H,23,25). The lowest BCUT2D eigenvalue weighted by molar-refractivity contribution is -0.121. The van der Waals surface area contributed by atoms with Crippen molar-refractivity contribution < 1.29 is 14.0 Å². The summed E-state index contributed by atoms with van der Waals surface area (Å²) in [6.45, 7) is 0.810. The van der Waals surface area contributed by atoms with Gasteiger partial charge in [-0.25, -0.2) is 4.39 Å². The lowest BCUT2D eigenvalue weighted by atomic mass is 10.1. The molecule has 0 bridgehead atoms. The van der Waals surface area contributed by atoms with Crippen molar-refractivity contribution in [3.63, 3.8) is 0 Å². The Morgan fingerprint density at radius 2 is 1.52 bits per heavy atom. The molecule has 0 aliphatic rings. The molecule has 0 heterocycles. The Kier molecular flexibility index (Phi) is 7.63. The maximum Gasteiger partial charge on any atom is 0.251 e. The van der Waals surface area contributed by atoms with E-state index in [1.54, 1.807) is 24.3 Å². The van der Waals surface area contributed by atoms with Crippen molar-refractivity contribution in [1.82, 2.24) is 10.6 Å². The van der Waals surface area contributed by atoms with Gasteiger partial charge in [-0.05, 0) is 49.1 Å². The molecule has 0 fully saturated rings. The van der Waals surface area contributed by atoms with Crippen LogP contribution in [0.1, 0.15) is 35.2 Å². The third kappa shape index (κ3) is 7.16. The van der Waals surface area contributed by atoms with Gasteiger partial charge in [-0.1, -0.05) is 30.3 Å². The molecule has 0 saturated heterocycles. The van der Waals surface area contributed by atoms with E-state index in [1.807, 2.05) is 18.2 Å². The molecule has 0 unspecified atom stereocenters. The summed E-state index contributed by atoms with van der Waals surface area (Å²) in [6, 6.07) is 15.4. The van der Waals surface area contributed by atoms with E-state index in [0.29, 0.717) is 25.1 Å². The van der Waals surface area contributed by atoms with Crippen LogP contribution in [0.2, 0.25) is 0 Å². The van der Waals surface area contributed by atoms with Crippen molar-refractivity contribution >= 4 is 11.8 Å². The van der Waals surface area contributed by atoms with Crippen LogP contribution in [0.4, 0.5) is 4.39 Å². The van der Waals surface area contributed by atoms with Gasteiger partial charge in [0.25, 0.3) is 5.91 Å². The Bertz CT molecular complexity index is 672. The molecule has 0 radical (unpaired) electrons. The second-order valence-electron chi connectivity index (χ2n) is 5.81. The summed E-state index contributed by atoms with van der Waals surface area (Å²) >= 11 is 0. The molecule has 2 N–H and O–H groups in total. The van der Waals surface area contributed by atoms with Gasteiger partial charge < -0.3 is 10.6 Å². The molecule has 0 aromatic heterocycles. The van der Waals surface area contributed by atoms with Crippen LogP contribution in [0.3, 0.4) is 0 Å². The molecule has 0 atom stereocenters. The second kappa shape index (κ2) is 10.2. The van der Waals surface area contributed by atoms with Crippen LogP contribution in [0.25, 0.3) is 0 Å². The van der Waals surface area contributed by atoms with Gasteiger partial charge in [-0.15, -0.1) is 0 Å². The minimum atomic E-state index is -0.234. The first kappa shape index (κ1) is 18.6. The number of rotatable bonds is 9. The Hall–Kier alpha value is -2.69. The number of benzene rings is 2. The number of amides is 2. The fourth-order valence-electron chi connectivity index (χ4n) is 2.42. The summed E-state index contributed by atoms with van der Waals surface area (Å²) in [6.07, 6.45) is 2.94. The Morgan fingerprint density at radius 3 is 2.24 bits per heavy atom. The molecule has 25 heavy (non-hydrogen) atoms. The summed E-state index contributed by atoms with van der Waals surface area (Å²) in [4.78, 5) is 23.5. The summed E-state index contributed by atoms with van der Waals surface area (Å²) in [5.41, 5.74) is 1.68. The second-order valence-corrected chi connectivity index (χ2v) is 5.81. The zero-order chi connectivity index (χ0) is 17.9. The van der Waals surface area contributed by atoms with Crippen molar-refractivity contribution in [3.05, 3.63) is 71.5 Å². The van der Waals surface area contributed by atoms with Gasteiger partial charge in [0.1, 0.15) is 5.82 Å². The zero-order valence-electron chi connectivity index (χ0n) is 14.1. The molecule has 2 aromatic rings. The van der Waals surface area contributed by atoms with E-state index in [4.69, 9.17) is 0 Å². The fourth-order valence-corrected chi connectivity index (χ4v) is 2.42. The Labute approximate surface area is 147 Å². The minimum Gasteiger partial charge on any atom is -0.354 e. The van der Waals surface area contributed by atoms with Crippen LogP contribution in [-0.4, -0.2) is 24.9 Å². The minimum absolute atomic E-state index is 0.0203. The first-order valence-electron chi connectivity index (χ1n) is 8.49. The summed E-state index contributed by atoms with van der Waals surface area (Å²) in [7, 11) is 0. The lowest BCUT2D eigenvalue weighted by Crippen LogP contribution is -2.34. The molecule has 132 valence electrons. The van der Waals surface area contributed by atoms with Crippen LogP contribution < -0.4 is 10.6 Å². The summed E-state index contributed by atoms with van der Waals surface area (Å²) in [5, 5.41) is 5.56. The largest absolute Gasteiger partial charge is 0.354 e. The predicted molar refractivity (Wildman–Crippen MR) is 95.7 cm³/mol. The highest BCUT2D eigenvalue weighted by atomic mass is 19.1. The SMILES string of the molecule is O=C(CCCCc1ccc(F)cc1)NCCNC(=O)c1ccccc1. The highest BCUT2D eigenvalue weighted by molar-refractivity contribution is 5.94.